The predicted molar refractivity (Wildman–Crippen MR) is 106 cm³/mol. The van der Waals surface area contributed by atoms with Crippen LogP contribution >= 0.6 is 11.3 Å². The van der Waals surface area contributed by atoms with Crippen molar-refractivity contribution in [1.82, 2.24) is 19.2 Å². The SMILES string of the molecule is CCC(=O)N(CCn1c(=O)c2cc(C(=O)O)sc2n(C)c1=O)N1CCCCC1. The normalized spacial score (nSPS) is 15.1. The highest BCUT2D eigenvalue weighted by Crippen LogP contribution is 2.21. The number of carbonyl (C=O) groups is 2. The van der Waals surface area contributed by atoms with Crippen LogP contribution in [0.3, 0.4) is 0 Å². The molecule has 1 amide bonds. The first-order chi connectivity index (χ1) is 13.3. The number of carboxylic acid groups (broad SMARTS) is 1. The van der Waals surface area contributed by atoms with E-state index < -0.39 is 17.2 Å². The summed E-state index contributed by atoms with van der Waals surface area (Å²) in [4.78, 5) is 49.5. The second-order valence-electron chi connectivity index (χ2n) is 6.82. The highest BCUT2D eigenvalue weighted by Gasteiger charge is 2.23. The standard InChI is InChI=1S/C18H24N4O5S/c1-3-14(23)22(20-7-5-4-6-8-20)10-9-21-15(24)12-11-13(17(25)26)28-16(12)19(2)18(21)27/h11H,3-10H2,1-2H3,(H,25,26). The molecule has 0 atom stereocenters. The summed E-state index contributed by atoms with van der Waals surface area (Å²) in [5, 5.41) is 13.0. The molecule has 1 N–H and O–H groups in total. The number of carboxylic acids is 1. The molecule has 3 rings (SSSR count). The number of amides is 1. The molecule has 0 aromatic carbocycles. The number of piperidine rings is 1. The quantitative estimate of drug-likeness (QED) is 0.767. The summed E-state index contributed by atoms with van der Waals surface area (Å²) in [6.07, 6.45) is 3.49. The van der Waals surface area contributed by atoms with Crippen molar-refractivity contribution in [2.24, 2.45) is 7.05 Å². The highest BCUT2D eigenvalue weighted by molar-refractivity contribution is 7.20. The first kappa shape index (κ1) is 20.3. The zero-order chi connectivity index (χ0) is 20.4. The van der Waals surface area contributed by atoms with Gasteiger partial charge in [0.15, 0.2) is 0 Å². The summed E-state index contributed by atoms with van der Waals surface area (Å²) >= 11 is 0.902. The minimum atomic E-state index is -1.13. The zero-order valence-corrected chi connectivity index (χ0v) is 16.8. The molecule has 0 radical (unpaired) electrons. The van der Waals surface area contributed by atoms with E-state index in [9.17, 15) is 24.3 Å². The van der Waals surface area contributed by atoms with Crippen molar-refractivity contribution in [3.63, 3.8) is 0 Å². The fourth-order valence-electron chi connectivity index (χ4n) is 3.51. The van der Waals surface area contributed by atoms with E-state index >= 15 is 0 Å². The van der Waals surface area contributed by atoms with Gasteiger partial charge in [0.1, 0.15) is 9.71 Å². The van der Waals surface area contributed by atoms with Gasteiger partial charge in [0.05, 0.1) is 18.5 Å². The predicted octanol–water partition coefficient (Wildman–Crippen LogP) is 1.10. The number of fused-ring (bicyclic) bond motifs is 1. The van der Waals surface area contributed by atoms with Gasteiger partial charge < -0.3 is 5.11 Å². The van der Waals surface area contributed by atoms with E-state index in [0.717, 1.165) is 48.3 Å². The number of rotatable bonds is 6. The summed E-state index contributed by atoms with van der Waals surface area (Å²) in [5.74, 6) is -1.18. The summed E-state index contributed by atoms with van der Waals surface area (Å²) in [7, 11) is 1.52. The van der Waals surface area contributed by atoms with E-state index in [1.54, 1.807) is 11.9 Å². The zero-order valence-electron chi connectivity index (χ0n) is 16.0. The molecule has 0 aliphatic carbocycles. The summed E-state index contributed by atoms with van der Waals surface area (Å²) in [6, 6.07) is 1.31. The van der Waals surface area contributed by atoms with Gasteiger partial charge in [-0.05, 0) is 18.9 Å². The molecule has 9 nitrogen and oxygen atoms in total. The largest absolute Gasteiger partial charge is 0.477 e. The lowest BCUT2D eigenvalue weighted by molar-refractivity contribution is -0.151. The molecule has 28 heavy (non-hydrogen) atoms. The van der Waals surface area contributed by atoms with Gasteiger partial charge in [0, 0.05) is 26.6 Å². The van der Waals surface area contributed by atoms with E-state index in [-0.39, 0.29) is 29.3 Å². The van der Waals surface area contributed by atoms with E-state index in [2.05, 4.69) is 0 Å². The van der Waals surface area contributed by atoms with Crippen LogP contribution in [0, 0.1) is 0 Å². The number of nitrogens with zero attached hydrogens (tertiary/aromatic N) is 4. The Balaban J connectivity index is 1.94. The number of aromatic nitrogens is 2. The third-order valence-electron chi connectivity index (χ3n) is 5.02. The molecule has 0 unspecified atom stereocenters. The molecule has 2 aromatic rings. The second kappa shape index (κ2) is 8.27. The maximum absolute atomic E-state index is 12.8. The minimum absolute atomic E-state index is 0.0101. The molecule has 3 heterocycles. The number of hydrogen-bond donors (Lipinski definition) is 1. The molecular formula is C18H24N4O5S. The van der Waals surface area contributed by atoms with Gasteiger partial charge in [0.2, 0.25) is 5.91 Å². The third-order valence-corrected chi connectivity index (χ3v) is 6.22. The van der Waals surface area contributed by atoms with Gasteiger partial charge in [-0.3, -0.25) is 23.7 Å². The monoisotopic (exact) mass is 408 g/mol. The first-order valence-corrected chi connectivity index (χ1v) is 10.2. The highest BCUT2D eigenvalue weighted by atomic mass is 32.1. The molecule has 1 fully saturated rings. The van der Waals surface area contributed by atoms with Crippen LogP contribution in [-0.4, -0.2) is 55.8 Å². The maximum Gasteiger partial charge on any atom is 0.345 e. The Morgan fingerprint density at radius 2 is 1.89 bits per heavy atom. The molecule has 1 aliphatic heterocycles. The minimum Gasteiger partial charge on any atom is -0.477 e. The molecule has 0 spiro atoms. The van der Waals surface area contributed by atoms with E-state index in [0.29, 0.717) is 11.3 Å². The van der Waals surface area contributed by atoms with Crippen LogP contribution in [0.5, 0.6) is 0 Å². The molecule has 2 aromatic heterocycles. The number of carbonyl (C=O) groups excluding carboxylic acids is 1. The van der Waals surface area contributed by atoms with Gasteiger partial charge >= 0.3 is 11.7 Å². The number of aromatic carboxylic acids is 1. The molecule has 1 saturated heterocycles. The smallest absolute Gasteiger partial charge is 0.345 e. The second-order valence-corrected chi connectivity index (χ2v) is 7.85. The lowest BCUT2D eigenvalue weighted by atomic mass is 10.1. The number of aryl methyl sites for hydroxylation is 1. The lowest BCUT2D eigenvalue weighted by Gasteiger charge is -2.37. The van der Waals surface area contributed by atoms with Crippen molar-refractivity contribution in [2.45, 2.75) is 39.2 Å². The van der Waals surface area contributed by atoms with E-state index in [4.69, 9.17) is 0 Å². The fourth-order valence-corrected chi connectivity index (χ4v) is 4.45. The Morgan fingerprint density at radius 3 is 2.50 bits per heavy atom. The summed E-state index contributed by atoms with van der Waals surface area (Å²) in [6.45, 7) is 3.63. The molecule has 0 bridgehead atoms. The lowest BCUT2D eigenvalue weighted by Crippen LogP contribution is -2.51. The Morgan fingerprint density at radius 1 is 1.21 bits per heavy atom. The average Bonchev–Trinajstić information content (AvgIpc) is 3.15. The van der Waals surface area contributed by atoms with Crippen molar-refractivity contribution in [1.29, 1.82) is 0 Å². The summed E-state index contributed by atoms with van der Waals surface area (Å²) < 4.78 is 2.38. The Kier molecular flexibility index (Phi) is 5.99. The van der Waals surface area contributed by atoms with Crippen molar-refractivity contribution < 1.29 is 14.7 Å². The van der Waals surface area contributed by atoms with Crippen LogP contribution < -0.4 is 11.2 Å². The Labute approximate surface area is 165 Å². The molecule has 10 heteroatoms. The van der Waals surface area contributed by atoms with Gasteiger partial charge in [-0.1, -0.05) is 13.3 Å². The van der Waals surface area contributed by atoms with Crippen molar-refractivity contribution in [2.75, 3.05) is 19.6 Å². The number of thiophene rings is 1. The van der Waals surface area contributed by atoms with Crippen LogP contribution in [-0.2, 0) is 18.4 Å². The first-order valence-electron chi connectivity index (χ1n) is 9.37. The molecule has 0 saturated carbocycles. The molecule has 152 valence electrons. The van der Waals surface area contributed by atoms with Crippen LogP contribution in [0.15, 0.2) is 15.7 Å². The van der Waals surface area contributed by atoms with Gasteiger partial charge in [-0.25, -0.2) is 14.6 Å². The van der Waals surface area contributed by atoms with E-state index in [1.807, 2.05) is 5.01 Å². The summed E-state index contributed by atoms with van der Waals surface area (Å²) in [5.41, 5.74) is -1.04. The van der Waals surface area contributed by atoms with Crippen LogP contribution in [0.2, 0.25) is 0 Å². The van der Waals surface area contributed by atoms with Gasteiger partial charge in [0.25, 0.3) is 5.56 Å². The van der Waals surface area contributed by atoms with E-state index in [1.165, 1.54) is 17.7 Å². The van der Waals surface area contributed by atoms with Crippen LogP contribution in [0.1, 0.15) is 42.3 Å². The van der Waals surface area contributed by atoms with Crippen molar-refractivity contribution >= 4 is 33.4 Å². The van der Waals surface area contributed by atoms with Gasteiger partial charge in [-0.2, -0.15) is 0 Å². The Hall–Kier alpha value is -2.46. The molecular weight excluding hydrogens is 384 g/mol. The number of hydrazine groups is 1. The Bertz CT molecular complexity index is 1020. The molecule has 1 aliphatic rings. The topological polar surface area (TPSA) is 105 Å². The number of hydrogen-bond acceptors (Lipinski definition) is 6. The maximum atomic E-state index is 12.8. The van der Waals surface area contributed by atoms with Gasteiger partial charge in [-0.15, -0.1) is 11.3 Å². The van der Waals surface area contributed by atoms with Crippen LogP contribution in [0.25, 0.3) is 10.2 Å². The average molecular weight is 408 g/mol. The fraction of sp³-hybridized carbons (Fsp3) is 0.556. The van der Waals surface area contributed by atoms with Crippen LogP contribution in [0.4, 0.5) is 0 Å². The van der Waals surface area contributed by atoms with Crippen molar-refractivity contribution in [3.05, 3.63) is 31.8 Å². The van der Waals surface area contributed by atoms with Crippen molar-refractivity contribution in [3.8, 4) is 0 Å². The third kappa shape index (κ3) is 3.74.